The van der Waals surface area contributed by atoms with Crippen molar-refractivity contribution >= 4 is 5.96 Å². The molecule has 0 aliphatic rings. The Labute approximate surface area is 155 Å². The summed E-state index contributed by atoms with van der Waals surface area (Å²) < 4.78 is 15.9. The first kappa shape index (κ1) is 19.4. The largest absolute Gasteiger partial charge is 0.497 e. The molecule has 6 nitrogen and oxygen atoms in total. The summed E-state index contributed by atoms with van der Waals surface area (Å²) in [6.45, 7) is 3.30. The van der Waals surface area contributed by atoms with Crippen LogP contribution in [0.15, 0.2) is 41.4 Å². The third-order valence-corrected chi connectivity index (χ3v) is 4.08. The third-order valence-electron chi connectivity index (χ3n) is 4.08. The summed E-state index contributed by atoms with van der Waals surface area (Å²) in [6, 6.07) is 11.9. The Hall–Kier alpha value is -2.89. The average molecular weight is 357 g/mol. The maximum absolute atomic E-state index is 5.43. The van der Waals surface area contributed by atoms with Crippen molar-refractivity contribution in [1.29, 1.82) is 0 Å². The van der Waals surface area contributed by atoms with E-state index < -0.39 is 0 Å². The summed E-state index contributed by atoms with van der Waals surface area (Å²) >= 11 is 0. The normalized spacial score (nSPS) is 11.0. The predicted molar refractivity (Wildman–Crippen MR) is 104 cm³/mol. The van der Waals surface area contributed by atoms with Crippen LogP contribution in [0.2, 0.25) is 0 Å². The van der Waals surface area contributed by atoms with E-state index >= 15 is 0 Å². The van der Waals surface area contributed by atoms with Crippen molar-refractivity contribution in [3.63, 3.8) is 0 Å². The van der Waals surface area contributed by atoms with Gasteiger partial charge in [-0.3, -0.25) is 4.99 Å². The van der Waals surface area contributed by atoms with Crippen LogP contribution in [0.5, 0.6) is 17.2 Å². The first-order valence-corrected chi connectivity index (χ1v) is 8.40. The number of rotatable bonds is 7. The molecule has 0 aromatic heterocycles. The van der Waals surface area contributed by atoms with Gasteiger partial charge >= 0.3 is 0 Å². The Kier molecular flexibility index (Phi) is 7.14. The molecule has 2 aromatic carbocycles. The van der Waals surface area contributed by atoms with Gasteiger partial charge < -0.3 is 24.8 Å². The van der Waals surface area contributed by atoms with Gasteiger partial charge in [0.1, 0.15) is 17.2 Å². The van der Waals surface area contributed by atoms with E-state index in [0.717, 1.165) is 39.9 Å². The summed E-state index contributed by atoms with van der Waals surface area (Å²) in [5, 5.41) is 6.61. The van der Waals surface area contributed by atoms with Gasteiger partial charge in [0.2, 0.25) is 0 Å². The van der Waals surface area contributed by atoms with Gasteiger partial charge in [0.15, 0.2) is 5.96 Å². The highest BCUT2D eigenvalue weighted by molar-refractivity contribution is 5.79. The van der Waals surface area contributed by atoms with Crippen molar-refractivity contribution in [3.05, 3.63) is 53.1 Å². The minimum Gasteiger partial charge on any atom is -0.497 e. The van der Waals surface area contributed by atoms with Gasteiger partial charge in [0.05, 0.1) is 21.3 Å². The van der Waals surface area contributed by atoms with Crippen LogP contribution >= 0.6 is 0 Å². The van der Waals surface area contributed by atoms with E-state index in [4.69, 9.17) is 14.2 Å². The Morgan fingerprint density at radius 1 is 0.885 bits per heavy atom. The molecule has 0 heterocycles. The summed E-state index contributed by atoms with van der Waals surface area (Å²) in [4.78, 5) is 4.27. The fraction of sp³-hybridized carbons (Fsp3) is 0.350. The minimum absolute atomic E-state index is 0.592. The Morgan fingerprint density at radius 3 is 2.23 bits per heavy atom. The second kappa shape index (κ2) is 9.56. The molecule has 2 aromatic rings. The summed E-state index contributed by atoms with van der Waals surface area (Å²) in [5.74, 6) is 3.15. The number of aryl methyl sites for hydroxylation is 1. The lowest BCUT2D eigenvalue weighted by molar-refractivity contribution is 0.390. The maximum Gasteiger partial charge on any atom is 0.191 e. The minimum atomic E-state index is 0.592. The lowest BCUT2D eigenvalue weighted by Gasteiger charge is -2.15. The molecular weight excluding hydrogens is 330 g/mol. The average Bonchev–Trinajstić information content (AvgIpc) is 2.68. The molecule has 0 spiro atoms. The molecule has 2 N–H and O–H groups in total. The molecule has 0 aliphatic heterocycles. The molecule has 26 heavy (non-hydrogen) atoms. The number of nitrogens with one attached hydrogen (secondary N) is 2. The number of ether oxygens (including phenoxy) is 3. The van der Waals surface area contributed by atoms with Crippen LogP contribution in [0, 0.1) is 6.92 Å². The zero-order valence-electron chi connectivity index (χ0n) is 16.1. The molecule has 0 saturated heterocycles. The number of guanidine groups is 1. The summed E-state index contributed by atoms with van der Waals surface area (Å²) in [6.07, 6.45) is 0. The van der Waals surface area contributed by atoms with Crippen LogP contribution in [0.1, 0.15) is 16.7 Å². The quantitative estimate of drug-likeness (QED) is 0.589. The van der Waals surface area contributed by atoms with E-state index in [1.807, 2.05) is 37.3 Å². The standard InChI is InChI=1S/C20H27N3O3/c1-14-10-15(6-9-18(14)25-4)12-22-20(21-2)23-13-16-7-8-17(24-3)11-19(16)26-5/h6-11H,12-13H2,1-5H3,(H2,21,22,23). The highest BCUT2D eigenvalue weighted by Gasteiger charge is 2.07. The van der Waals surface area contributed by atoms with Crippen molar-refractivity contribution in [3.8, 4) is 17.2 Å². The number of aliphatic imine (C=N–C) groups is 1. The molecule has 0 bridgehead atoms. The van der Waals surface area contributed by atoms with Crippen molar-refractivity contribution in [2.75, 3.05) is 28.4 Å². The smallest absolute Gasteiger partial charge is 0.191 e. The SMILES string of the molecule is CN=C(NCc1ccc(OC)c(C)c1)NCc1ccc(OC)cc1OC. The lowest BCUT2D eigenvalue weighted by Crippen LogP contribution is -2.36. The molecule has 0 amide bonds. The van der Waals surface area contributed by atoms with E-state index in [-0.39, 0.29) is 0 Å². The van der Waals surface area contributed by atoms with Crippen LogP contribution in [0.3, 0.4) is 0 Å². The second-order valence-electron chi connectivity index (χ2n) is 5.76. The highest BCUT2D eigenvalue weighted by Crippen LogP contribution is 2.24. The van der Waals surface area contributed by atoms with Crippen molar-refractivity contribution in [1.82, 2.24) is 10.6 Å². The molecule has 140 valence electrons. The molecule has 0 radical (unpaired) electrons. The van der Waals surface area contributed by atoms with Crippen LogP contribution in [-0.2, 0) is 13.1 Å². The van der Waals surface area contributed by atoms with Gasteiger partial charge in [-0.25, -0.2) is 0 Å². The number of methoxy groups -OCH3 is 3. The monoisotopic (exact) mass is 357 g/mol. The van der Waals surface area contributed by atoms with Gasteiger partial charge in [0.25, 0.3) is 0 Å². The third kappa shape index (κ3) is 5.05. The molecule has 0 fully saturated rings. The molecule has 6 heteroatoms. The second-order valence-corrected chi connectivity index (χ2v) is 5.76. The van der Waals surface area contributed by atoms with E-state index in [1.165, 1.54) is 0 Å². The summed E-state index contributed by atoms with van der Waals surface area (Å²) in [7, 11) is 6.72. The van der Waals surface area contributed by atoms with Gasteiger partial charge in [-0.05, 0) is 36.2 Å². The predicted octanol–water partition coefficient (Wildman–Crippen LogP) is 2.89. The van der Waals surface area contributed by atoms with Crippen molar-refractivity contribution in [2.45, 2.75) is 20.0 Å². The number of nitrogens with zero attached hydrogens (tertiary/aromatic N) is 1. The maximum atomic E-state index is 5.43. The summed E-state index contributed by atoms with van der Waals surface area (Å²) in [5.41, 5.74) is 3.29. The highest BCUT2D eigenvalue weighted by atomic mass is 16.5. The van der Waals surface area contributed by atoms with Gasteiger partial charge in [0, 0.05) is 31.8 Å². The zero-order valence-corrected chi connectivity index (χ0v) is 16.1. The number of benzene rings is 2. The van der Waals surface area contributed by atoms with E-state index in [2.05, 4.69) is 21.7 Å². The Bertz CT molecular complexity index is 760. The van der Waals surface area contributed by atoms with Crippen LogP contribution in [0.25, 0.3) is 0 Å². The molecule has 0 aliphatic carbocycles. The van der Waals surface area contributed by atoms with E-state index in [9.17, 15) is 0 Å². The fourth-order valence-electron chi connectivity index (χ4n) is 2.63. The molecule has 2 rings (SSSR count). The Morgan fingerprint density at radius 2 is 1.62 bits per heavy atom. The number of hydrogen-bond donors (Lipinski definition) is 2. The van der Waals surface area contributed by atoms with Crippen LogP contribution in [0.4, 0.5) is 0 Å². The van der Waals surface area contributed by atoms with Crippen molar-refractivity contribution < 1.29 is 14.2 Å². The van der Waals surface area contributed by atoms with Crippen LogP contribution in [-0.4, -0.2) is 34.3 Å². The van der Waals surface area contributed by atoms with Gasteiger partial charge in [-0.15, -0.1) is 0 Å². The molecule has 0 unspecified atom stereocenters. The van der Waals surface area contributed by atoms with Gasteiger partial charge in [-0.2, -0.15) is 0 Å². The molecular formula is C20H27N3O3. The zero-order chi connectivity index (χ0) is 18.9. The van der Waals surface area contributed by atoms with Gasteiger partial charge in [-0.1, -0.05) is 12.1 Å². The fourth-order valence-corrected chi connectivity index (χ4v) is 2.63. The van der Waals surface area contributed by atoms with Crippen LogP contribution < -0.4 is 24.8 Å². The molecule has 0 atom stereocenters. The first-order valence-electron chi connectivity index (χ1n) is 8.40. The topological polar surface area (TPSA) is 64.1 Å². The van der Waals surface area contributed by atoms with Crippen molar-refractivity contribution in [2.24, 2.45) is 4.99 Å². The van der Waals surface area contributed by atoms with E-state index in [0.29, 0.717) is 13.1 Å². The molecule has 0 saturated carbocycles. The van der Waals surface area contributed by atoms with E-state index in [1.54, 1.807) is 28.4 Å². The lowest BCUT2D eigenvalue weighted by atomic mass is 10.1. The number of hydrogen-bond acceptors (Lipinski definition) is 4. The Balaban J connectivity index is 1.95. The first-order chi connectivity index (χ1) is 12.6.